The molecular weight excluding hydrogens is 444 g/mol. The average molecular weight is 477 g/mol. The summed E-state index contributed by atoms with van der Waals surface area (Å²) in [7, 11) is -4.41. The van der Waals surface area contributed by atoms with E-state index in [0.717, 1.165) is 0 Å². The van der Waals surface area contributed by atoms with E-state index in [1.54, 1.807) is 0 Å². The molecule has 0 spiro atoms. The number of carbonyl (C=O) groups is 3. The second-order valence-electron chi connectivity index (χ2n) is 7.02. The normalized spacial score (nSPS) is 12.2. The van der Waals surface area contributed by atoms with Gasteiger partial charge in [-0.05, 0) is 27.2 Å². The van der Waals surface area contributed by atoms with Crippen LogP contribution in [0.15, 0.2) is 24.3 Å². The second kappa shape index (κ2) is 14.2. The van der Waals surface area contributed by atoms with Gasteiger partial charge in [0.1, 0.15) is 30.5 Å². The maximum atomic E-state index is 12.8. The predicted octanol–water partition coefficient (Wildman–Crippen LogP) is 2.07. The first kappa shape index (κ1) is 31.2. The van der Waals surface area contributed by atoms with Gasteiger partial charge in [0.2, 0.25) is 0 Å². The molecule has 0 saturated carbocycles. The summed E-state index contributed by atoms with van der Waals surface area (Å²) < 4.78 is 46.7. The van der Waals surface area contributed by atoms with Gasteiger partial charge in [-0.3, -0.25) is 9.35 Å². The molecule has 0 rings (SSSR count). The number of ether oxygens (including phenoxy) is 3. The molecule has 1 N–H and O–H groups in total. The zero-order valence-electron chi connectivity index (χ0n) is 20.1. The van der Waals surface area contributed by atoms with E-state index in [2.05, 4.69) is 13.2 Å². The molecule has 0 bridgehead atoms. The standard InChI is InChI=1S/C19H30O9S.Ca.2H/c1-7-8-9-19(11-27-16(20)13(2)3,12-28-17(21)14(4)5)18(22)26-10-15(6)29(23,24)25;;;/h15H,2,4,7-12H2,1,3,5-6H3,(H,23,24,25);;;/q;+2;2*-1. The number of unbranched alkanes of at least 4 members (excludes halogenated alkanes) is 1. The molecule has 0 saturated heterocycles. The van der Waals surface area contributed by atoms with Crippen LogP contribution in [0.25, 0.3) is 0 Å². The van der Waals surface area contributed by atoms with Crippen molar-refractivity contribution in [3.8, 4) is 0 Å². The summed E-state index contributed by atoms with van der Waals surface area (Å²) >= 11 is 0. The largest absolute Gasteiger partial charge is 2.00 e. The van der Waals surface area contributed by atoms with Crippen molar-refractivity contribution in [2.45, 2.75) is 52.2 Å². The van der Waals surface area contributed by atoms with Gasteiger partial charge >= 0.3 is 55.6 Å². The summed E-state index contributed by atoms with van der Waals surface area (Å²) in [6.07, 6.45) is 1.34. The van der Waals surface area contributed by atoms with Crippen molar-refractivity contribution in [3.63, 3.8) is 0 Å². The minimum Gasteiger partial charge on any atom is -1.00 e. The molecule has 0 aliphatic rings. The molecule has 170 valence electrons. The Morgan fingerprint density at radius 1 is 1.03 bits per heavy atom. The zero-order chi connectivity index (χ0) is 22.8. The fourth-order valence-corrected chi connectivity index (χ4v) is 2.25. The zero-order valence-corrected chi connectivity index (χ0v) is 21.1. The molecule has 0 aromatic heterocycles. The van der Waals surface area contributed by atoms with Crippen molar-refractivity contribution in [2.75, 3.05) is 19.8 Å². The van der Waals surface area contributed by atoms with Crippen LogP contribution in [0.2, 0.25) is 0 Å². The molecule has 30 heavy (non-hydrogen) atoms. The Hall–Kier alpha value is -0.940. The fraction of sp³-hybridized carbons (Fsp3) is 0.632. The first-order valence-corrected chi connectivity index (χ1v) is 10.6. The summed E-state index contributed by atoms with van der Waals surface area (Å²) in [4.78, 5) is 36.5. The van der Waals surface area contributed by atoms with E-state index < -0.39 is 58.5 Å². The van der Waals surface area contributed by atoms with Gasteiger partial charge in [0.15, 0.2) is 0 Å². The molecule has 0 heterocycles. The molecule has 0 aliphatic heterocycles. The quantitative estimate of drug-likeness (QED) is 0.139. The van der Waals surface area contributed by atoms with E-state index in [4.69, 9.17) is 18.8 Å². The fourth-order valence-electron chi connectivity index (χ4n) is 2.01. The molecule has 0 fully saturated rings. The van der Waals surface area contributed by atoms with Gasteiger partial charge in [-0.25, -0.2) is 9.59 Å². The number of carbonyl (C=O) groups excluding carboxylic acids is 3. The van der Waals surface area contributed by atoms with Gasteiger partial charge < -0.3 is 17.1 Å². The molecule has 0 radical (unpaired) electrons. The molecule has 0 aromatic carbocycles. The van der Waals surface area contributed by atoms with Crippen LogP contribution in [-0.2, 0) is 38.7 Å². The third kappa shape index (κ3) is 10.9. The van der Waals surface area contributed by atoms with E-state index in [9.17, 15) is 22.8 Å². The molecule has 0 aliphatic carbocycles. The van der Waals surface area contributed by atoms with Crippen molar-refractivity contribution in [3.05, 3.63) is 24.3 Å². The SMILES string of the molecule is C=C(C)C(=O)OCC(CCCC)(COC(=O)C(=C)C)C(=O)OCC(C)S(=O)(=O)O.[Ca+2].[H-].[H-]. The van der Waals surface area contributed by atoms with Gasteiger partial charge in [0.25, 0.3) is 10.1 Å². The van der Waals surface area contributed by atoms with Crippen molar-refractivity contribution in [1.29, 1.82) is 0 Å². The number of hydrogen-bond donors (Lipinski definition) is 1. The van der Waals surface area contributed by atoms with E-state index in [1.165, 1.54) is 20.8 Å². The minimum absolute atomic E-state index is 0. The van der Waals surface area contributed by atoms with Crippen LogP contribution in [-0.4, -0.2) is 93.7 Å². The van der Waals surface area contributed by atoms with Crippen LogP contribution < -0.4 is 0 Å². The summed E-state index contributed by atoms with van der Waals surface area (Å²) in [5, 5.41) is -1.36. The Balaban J connectivity index is -0.00000131. The first-order valence-electron chi connectivity index (χ1n) is 9.05. The third-order valence-electron chi connectivity index (χ3n) is 4.06. The molecular formula is C19H32CaO9S. The third-order valence-corrected chi connectivity index (χ3v) is 5.21. The van der Waals surface area contributed by atoms with E-state index in [0.29, 0.717) is 12.8 Å². The maximum Gasteiger partial charge on any atom is 2.00 e. The molecule has 1 atom stereocenters. The molecule has 0 amide bonds. The van der Waals surface area contributed by atoms with Crippen molar-refractivity contribution in [1.82, 2.24) is 0 Å². The van der Waals surface area contributed by atoms with Gasteiger partial charge in [-0.2, -0.15) is 8.42 Å². The topological polar surface area (TPSA) is 133 Å². The van der Waals surface area contributed by atoms with Gasteiger partial charge in [-0.15, -0.1) is 0 Å². The summed E-state index contributed by atoms with van der Waals surface area (Å²) in [5.74, 6) is -2.39. The molecule has 9 nitrogen and oxygen atoms in total. The number of esters is 3. The monoisotopic (exact) mass is 476 g/mol. The van der Waals surface area contributed by atoms with Crippen molar-refractivity contribution < 1.29 is 44.4 Å². The van der Waals surface area contributed by atoms with Crippen LogP contribution in [0.4, 0.5) is 0 Å². The molecule has 11 heteroatoms. The smallest absolute Gasteiger partial charge is 1.00 e. The first-order chi connectivity index (χ1) is 13.3. The number of hydrogen-bond acceptors (Lipinski definition) is 8. The van der Waals surface area contributed by atoms with Gasteiger partial charge in [-0.1, -0.05) is 32.9 Å². The maximum absolute atomic E-state index is 12.8. The van der Waals surface area contributed by atoms with Crippen LogP contribution in [0.3, 0.4) is 0 Å². The summed E-state index contributed by atoms with van der Waals surface area (Å²) in [6, 6.07) is 0. The Bertz CT molecular complexity index is 724. The van der Waals surface area contributed by atoms with Crippen LogP contribution >= 0.6 is 0 Å². The van der Waals surface area contributed by atoms with Crippen LogP contribution in [0.5, 0.6) is 0 Å². The summed E-state index contributed by atoms with van der Waals surface area (Å²) in [6.45, 7) is 11.3. The van der Waals surface area contributed by atoms with Crippen LogP contribution in [0, 0.1) is 5.41 Å². The Morgan fingerprint density at radius 2 is 1.47 bits per heavy atom. The van der Waals surface area contributed by atoms with Gasteiger partial charge in [0, 0.05) is 11.1 Å². The summed E-state index contributed by atoms with van der Waals surface area (Å²) in [5.41, 5.74) is -1.33. The molecule has 0 aromatic rings. The molecule has 1 unspecified atom stereocenters. The number of rotatable bonds is 13. The Kier molecular flexibility index (Phi) is 14.8. The predicted molar refractivity (Wildman–Crippen MR) is 113 cm³/mol. The second-order valence-corrected chi connectivity index (χ2v) is 8.86. The van der Waals surface area contributed by atoms with E-state index in [1.807, 2.05) is 6.92 Å². The Labute approximate surface area is 210 Å². The van der Waals surface area contributed by atoms with Crippen molar-refractivity contribution >= 4 is 65.8 Å². The Morgan fingerprint density at radius 3 is 1.80 bits per heavy atom. The van der Waals surface area contributed by atoms with Crippen LogP contribution in [0.1, 0.15) is 49.8 Å². The average Bonchev–Trinajstić information content (AvgIpc) is 2.63. The minimum atomic E-state index is -4.41. The van der Waals surface area contributed by atoms with E-state index in [-0.39, 0.29) is 58.2 Å². The van der Waals surface area contributed by atoms with Crippen molar-refractivity contribution in [2.24, 2.45) is 5.41 Å². The van der Waals surface area contributed by atoms with Gasteiger partial charge in [0.05, 0.1) is 0 Å². The van der Waals surface area contributed by atoms with E-state index >= 15 is 0 Å².